The Labute approximate surface area is 94.2 Å². The van der Waals surface area contributed by atoms with E-state index in [0.29, 0.717) is 0 Å². The van der Waals surface area contributed by atoms with E-state index in [1.54, 1.807) is 0 Å². The molecule has 2 aliphatic heterocycles. The lowest BCUT2D eigenvalue weighted by Gasteiger charge is -2.40. The Bertz CT molecular complexity index is 201. The fourth-order valence-electron chi connectivity index (χ4n) is 3.51. The van der Waals surface area contributed by atoms with Gasteiger partial charge in [-0.1, -0.05) is 20.8 Å². The Hall–Kier alpha value is -0.0800. The number of rotatable bonds is 2. The first-order valence-corrected chi connectivity index (χ1v) is 6.64. The third-order valence-corrected chi connectivity index (χ3v) is 4.49. The van der Waals surface area contributed by atoms with Crippen LogP contribution < -0.4 is 10.6 Å². The van der Waals surface area contributed by atoms with Crippen molar-refractivity contribution >= 4 is 0 Å². The van der Waals surface area contributed by atoms with Crippen LogP contribution in [0.4, 0.5) is 0 Å². The average Bonchev–Trinajstić information content (AvgIpc) is 2.64. The molecule has 0 aromatic rings. The number of piperidine rings is 1. The molecular formula is C13H26N2. The van der Waals surface area contributed by atoms with Gasteiger partial charge in [-0.2, -0.15) is 0 Å². The van der Waals surface area contributed by atoms with Gasteiger partial charge in [-0.3, -0.25) is 0 Å². The Morgan fingerprint density at radius 1 is 1.13 bits per heavy atom. The second-order valence-electron chi connectivity index (χ2n) is 5.81. The summed E-state index contributed by atoms with van der Waals surface area (Å²) in [5, 5.41) is 7.29. The van der Waals surface area contributed by atoms with Crippen LogP contribution in [0.3, 0.4) is 0 Å². The summed E-state index contributed by atoms with van der Waals surface area (Å²) in [6.45, 7) is 10.9. The van der Waals surface area contributed by atoms with Crippen molar-refractivity contribution in [3.63, 3.8) is 0 Å². The Kier molecular flexibility index (Phi) is 3.68. The molecule has 0 aliphatic carbocycles. The zero-order valence-corrected chi connectivity index (χ0v) is 10.4. The van der Waals surface area contributed by atoms with E-state index < -0.39 is 0 Å². The van der Waals surface area contributed by atoms with Gasteiger partial charge in [0.05, 0.1) is 0 Å². The molecule has 0 bridgehead atoms. The summed E-state index contributed by atoms with van der Waals surface area (Å²) in [5.41, 5.74) is 0. The van der Waals surface area contributed by atoms with Crippen LogP contribution in [0.5, 0.6) is 0 Å². The zero-order valence-electron chi connectivity index (χ0n) is 10.4. The summed E-state index contributed by atoms with van der Waals surface area (Å²) < 4.78 is 0. The van der Waals surface area contributed by atoms with Gasteiger partial charge in [-0.15, -0.1) is 0 Å². The van der Waals surface area contributed by atoms with Gasteiger partial charge in [0.2, 0.25) is 0 Å². The highest BCUT2D eigenvalue weighted by Gasteiger charge is 2.37. The summed E-state index contributed by atoms with van der Waals surface area (Å²) in [6.07, 6.45) is 2.74. The van der Waals surface area contributed by atoms with Crippen LogP contribution in [0.1, 0.15) is 33.6 Å². The molecule has 2 saturated heterocycles. The zero-order chi connectivity index (χ0) is 10.8. The third kappa shape index (κ3) is 2.36. The fourth-order valence-corrected chi connectivity index (χ4v) is 3.51. The Morgan fingerprint density at radius 3 is 2.53 bits per heavy atom. The van der Waals surface area contributed by atoms with E-state index in [4.69, 9.17) is 0 Å². The molecule has 4 atom stereocenters. The van der Waals surface area contributed by atoms with Crippen LogP contribution in [0, 0.1) is 23.7 Å². The maximum Gasteiger partial charge on any atom is 0.0125 e. The van der Waals surface area contributed by atoms with E-state index in [0.717, 1.165) is 29.7 Å². The molecule has 88 valence electrons. The molecule has 2 rings (SSSR count). The molecule has 15 heavy (non-hydrogen) atoms. The minimum Gasteiger partial charge on any atom is -0.316 e. The second-order valence-corrected chi connectivity index (χ2v) is 5.81. The van der Waals surface area contributed by atoms with Gasteiger partial charge in [0.1, 0.15) is 0 Å². The lowest BCUT2D eigenvalue weighted by Crippen LogP contribution is -2.48. The lowest BCUT2D eigenvalue weighted by molar-refractivity contribution is 0.142. The molecule has 0 aromatic carbocycles. The first-order valence-electron chi connectivity index (χ1n) is 6.64. The minimum absolute atomic E-state index is 0.791. The van der Waals surface area contributed by atoms with Crippen molar-refractivity contribution in [1.29, 1.82) is 0 Å². The normalized spacial score (nSPS) is 42.4. The van der Waals surface area contributed by atoms with Gasteiger partial charge in [0.25, 0.3) is 0 Å². The molecule has 2 nitrogen and oxygen atoms in total. The number of hydrogen-bond donors (Lipinski definition) is 2. The highest BCUT2D eigenvalue weighted by atomic mass is 15.0. The standard InChI is InChI=1S/C13H26N2/c1-9(2)12-8-14-6-5-11(12)13-10(3)4-7-15-13/h9-15H,4-8H2,1-3H3/t10-,11?,12-,13?/m1/s1. The van der Waals surface area contributed by atoms with E-state index in [1.807, 2.05) is 0 Å². The molecule has 0 amide bonds. The molecule has 2 aliphatic rings. The highest BCUT2D eigenvalue weighted by molar-refractivity contribution is 4.93. The molecule has 0 radical (unpaired) electrons. The van der Waals surface area contributed by atoms with Crippen molar-refractivity contribution in [2.75, 3.05) is 19.6 Å². The molecular weight excluding hydrogens is 184 g/mol. The van der Waals surface area contributed by atoms with Gasteiger partial charge in [-0.25, -0.2) is 0 Å². The molecule has 0 saturated carbocycles. The Morgan fingerprint density at radius 2 is 1.93 bits per heavy atom. The van der Waals surface area contributed by atoms with Crippen molar-refractivity contribution < 1.29 is 0 Å². The van der Waals surface area contributed by atoms with Crippen LogP contribution in [0.15, 0.2) is 0 Å². The van der Waals surface area contributed by atoms with Gasteiger partial charge in [0, 0.05) is 6.04 Å². The fraction of sp³-hybridized carbons (Fsp3) is 1.00. The van der Waals surface area contributed by atoms with Crippen molar-refractivity contribution in [2.24, 2.45) is 23.7 Å². The molecule has 2 fully saturated rings. The quantitative estimate of drug-likeness (QED) is 0.727. The minimum atomic E-state index is 0.791. The SMILES string of the molecule is CC(C)[C@H]1CNCCC1C1NCC[C@H]1C. The first kappa shape index (κ1) is 11.4. The van der Waals surface area contributed by atoms with E-state index in [2.05, 4.69) is 31.4 Å². The monoisotopic (exact) mass is 210 g/mol. The van der Waals surface area contributed by atoms with Gasteiger partial charge < -0.3 is 10.6 Å². The van der Waals surface area contributed by atoms with Crippen molar-refractivity contribution in [2.45, 2.75) is 39.7 Å². The molecule has 0 spiro atoms. The predicted molar refractivity (Wildman–Crippen MR) is 64.9 cm³/mol. The van der Waals surface area contributed by atoms with E-state index in [1.165, 1.54) is 32.5 Å². The van der Waals surface area contributed by atoms with Crippen molar-refractivity contribution in [3.8, 4) is 0 Å². The van der Waals surface area contributed by atoms with Crippen molar-refractivity contribution in [3.05, 3.63) is 0 Å². The third-order valence-electron chi connectivity index (χ3n) is 4.49. The topological polar surface area (TPSA) is 24.1 Å². The predicted octanol–water partition coefficient (Wildman–Crippen LogP) is 1.87. The molecule has 2 heteroatoms. The van der Waals surface area contributed by atoms with Crippen LogP contribution in [0.2, 0.25) is 0 Å². The average molecular weight is 210 g/mol. The number of hydrogen-bond acceptors (Lipinski definition) is 2. The molecule has 2 heterocycles. The van der Waals surface area contributed by atoms with Gasteiger partial charge >= 0.3 is 0 Å². The lowest BCUT2D eigenvalue weighted by atomic mass is 9.73. The van der Waals surface area contributed by atoms with Crippen molar-refractivity contribution in [1.82, 2.24) is 10.6 Å². The molecule has 2 unspecified atom stereocenters. The molecule has 0 aromatic heterocycles. The second kappa shape index (κ2) is 4.84. The van der Waals surface area contributed by atoms with Crippen LogP contribution >= 0.6 is 0 Å². The maximum atomic E-state index is 3.73. The highest BCUT2D eigenvalue weighted by Crippen LogP contribution is 2.34. The largest absolute Gasteiger partial charge is 0.316 e. The first-order chi connectivity index (χ1) is 7.20. The summed E-state index contributed by atoms with van der Waals surface area (Å²) in [4.78, 5) is 0. The van der Waals surface area contributed by atoms with Gasteiger partial charge in [0.15, 0.2) is 0 Å². The van der Waals surface area contributed by atoms with Crippen LogP contribution in [-0.4, -0.2) is 25.7 Å². The van der Waals surface area contributed by atoms with E-state index >= 15 is 0 Å². The van der Waals surface area contributed by atoms with E-state index in [9.17, 15) is 0 Å². The van der Waals surface area contributed by atoms with Crippen LogP contribution in [0.25, 0.3) is 0 Å². The summed E-state index contributed by atoms with van der Waals surface area (Å²) >= 11 is 0. The maximum absolute atomic E-state index is 3.73. The summed E-state index contributed by atoms with van der Waals surface area (Å²) in [6, 6.07) is 0.791. The van der Waals surface area contributed by atoms with Crippen LogP contribution in [-0.2, 0) is 0 Å². The summed E-state index contributed by atoms with van der Waals surface area (Å²) in [5.74, 6) is 3.48. The van der Waals surface area contributed by atoms with Gasteiger partial charge in [-0.05, 0) is 56.1 Å². The Balaban J connectivity index is 2.03. The number of nitrogens with one attached hydrogen (secondary N) is 2. The smallest absolute Gasteiger partial charge is 0.0125 e. The van der Waals surface area contributed by atoms with E-state index in [-0.39, 0.29) is 0 Å². The molecule has 2 N–H and O–H groups in total. The summed E-state index contributed by atoms with van der Waals surface area (Å²) in [7, 11) is 0.